The highest BCUT2D eigenvalue weighted by molar-refractivity contribution is 7.47. The van der Waals surface area contributed by atoms with Gasteiger partial charge in [0.05, 0.1) is 26.4 Å². The Morgan fingerprint density at radius 1 is 0.320 bits per heavy atom. The van der Waals surface area contributed by atoms with E-state index in [-0.39, 0.29) is 25.7 Å². The van der Waals surface area contributed by atoms with Crippen molar-refractivity contribution in [3.8, 4) is 0 Å². The van der Waals surface area contributed by atoms with Crippen molar-refractivity contribution >= 4 is 39.5 Å². The lowest BCUT2D eigenvalue weighted by Crippen LogP contribution is -2.30. The minimum Gasteiger partial charge on any atom is -0.462 e. The van der Waals surface area contributed by atoms with Crippen molar-refractivity contribution in [3.63, 3.8) is 0 Å². The Labute approximate surface area is 592 Å². The van der Waals surface area contributed by atoms with Crippen molar-refractivity contribution in [2.45, 2.75) is 406 Å². The molecule has 3 N–H and O–H groups in total. The zero-order chi connectivity index (χ0) is 71.2. The summed E-state index contributed by atoms with van der Waals surface area (Å²) in [7, 11) is -9.92. The highest BCUT2D eigenvalue weighted by atomic mass is 31.2. The molecule has 97 heavy (non-hydrogen) atoms. The van der Waals surface area contributed by atoms with Crippen molar-refractivity contribution in [1.82, 2.24) is 0 Å². The molecule has 0 saturated heterocycles. The van der Waals surface area contributed by atoms with Gasteiger partial charge < -0.3 is 33.8 Å². The highest BCUT2D eigenvalue weighted by Gasteiger charge is 2.30. The van der Waals surface area contributed by atoms with Gasteiger partial charge in [-0.1, -0.05) is 335 Å². The molecule has 0 spiro atoms. The summed E-state index contributed by atoms with van der Waals surface area (Å²) in [6.45, 7) is 7.19. The Hall–Kier alpha value is -2.46. The van der Waals surface area contributed by atoms with E-state index in [1.807, 2.05) is 0 Å². The van der Waals surface area contributed by atoms with Crippen LogP contribution >= 0.6 is 15.6 Å². The predicted molar refractivity (Wildman–Crippen MR) is 395 cm³/mol. The molecule has 0 aromatic heterocycles. The molecule has 0 fully saturated rings. The maximum atomic E-state index is 13.1. The number of unbranched alkanes of at least 4 members (excludes halogenated alkanes) is 45. The first-order valence-corrected chi connectivity index (χ1v) is 42.9. The third-order valence-electron chi connectivity index (χ3n) is 17.7. The monoisotopic (exact) mass is 1420 g/mol. The fraction of sp³-hybridized carbons (Fsp3) is 0.897. The van der Waals surface area contributed by atoms with Crippen molar-refractivity contribution in [1.29, 1.82) is 0 Å². The summed E-state index contributed by atoms with van der Waals surface area (Å²) >= 11 is 0. The number of esters is 4. The van der Waals surface area contributed by atoms with Gasteiger partial charge in [0.25, 0.3) is 0 Å². The van der Waals surface area contributed by atoms with Crippen LogP contribution in [0.4, 0.5) is 0 Å². The van der Waals surface area contributed by atoms with Crippen LogP contribution in [0.5, 0.6) is 0 Å². The average Bonchev–Trinajstić information content (AvgIpc) is 1.18. The van der Waals surface area contributed by atoms with Crippen molar-refractivity contribution in [3.05, 3.63) is 24.3 Å². The van der Waals surface area contributed by atoms with E-state index in [0.717, 1.165) is 121 Å². The lowest BCUT2D eigenvalue weighted by molar-refractivity contribution is -0.161. The zero-order valence-electron chi connectivity index (χ0n) is 62.7. The van der Waals surface area contributed by atoms with E-state index >= 15 is 0 Å². The van der Waals surface area contributed by atoms with Crippen LogP contribution in [0, 0.1) is 5.92 Å². The van der Waals surface area contributed by atoms with E-state index in [1.54, 1.807) is 0 Å². The van der Waals surface area contributed by atoms with Crippen molar-refractivity contribution in [2.24, 2.45) is 5.92 Å². The summed E-state index contributed by atoms with van der Waals surface area (Å²) in [4.78, 5) is 72.7. The average molecular weight is 1420 g/mol. The van der Waals surface area contributed by atoms with Crippen LogP contribution in [0.2, 0.25) is 0 Å². The number of phosphoric acid groups is 2. The molecule has 0 aromatic rings. The summed E-state index contributed by atoms with van der Waals surface area (Å²) in [5.41, 5.74) is 0. The molecular weight excluding hydrogens is 1270 g/mol. The topological polar surface area (TPSA) is 237 Å². The van der Waals surface area contributed by atoms with E-state index in [4.69, 9.17) is 37.0 Å². The van der Waals surface area contributed by atoms with Crippen molar-refractivity contribution in [2.75, 3.05) is 39.6 Å². The van der Waals surface area contributed by atoms with E-state index < -0.39 is 97.5 Å². The number of allylic oxidation sites excluding steroid dienone is 4. The Morgan fingerprint density at radius 2 is 0.557 bits per heavy atom. The Bertz CT molecular complexity index is 1950. The fourth-order valence-corrected chi connectivity index (χ4v) is 13.1. The van der Waals surface area contributed by atoms with Gasteiger partial charge >= 0.3 is 39.5 Å². The molecule has 0 amide bonds. The van der Waals surface area contributed by atoms with E-state index in [9.17, 15) is 43.2 Å². The number of aliphatic hydroxyl groups is 1. The number of phosphoric ester groups is 2. The lowest BCUT2D eigenvalue weighted by Gasteiger charge is -2.21. The molecule has 0 heterocycles. The zero-order valence-corrected chi connectivity index (χ0v) is 64.5. The van der Waals surface area contributed by atoms with Crippen LogP contribution in [-0.2, 0) is 65.4 Å². The van der Waals surface area contributed by atoms with E-state index in [2.05, 4.69) is 58.9 Å². The maximum absolute atomic E-state index is 13.1. The predicted octanol–water partition coefficient (Wildman–Crippen LogP) is 22.8. The molecule has 2 unspecified atom stereocenters. The van der Waals surface area contributed by atoms with Crippen LogP contribution in [0.1, 0.15) is 388 Å². The normalized spacial score (nSPS) is 14.1. The molecule has 17 nitrogen and oxygen atoms in total. The third kappa shape index (κ3) is 71.7. The number of carbonyl (C=O) groups excluding carboxylic acids is 4. The summed E-state index contributed by atoms with van der Waals surface area (Å²) in [5, 5.41) is 10.6. The molecule has 0 aliphatic carbocycles. The second-order valence-corrected chi connectivity index (χ2v) is 30.8. The summed E-state index contributed by atoms with van der Waals surface area (Å²) < 4.78 is 68.5. The standard InChI is InChI=1S/C78H148O17P2/c1-6-9-12-15-18-21-23-25-27-28-29-30-31-32-34-36-38-43-48-53-58-63-77(82)95-74(68-89-76(81)62-57-52-47-42-37-35-33-26-24-22-19-16-13-10-7-2)70-93-97(86,87)91-66-72(79)65-90-96(84,85)92-69-73(67-88-75(80)61-56-51-46-20-17-14-11-8-3)94-78(83)64-59-54-49-44-40-39-41-45-50-55-60-71(4)5/h22,24,26,33,71-74,79H,6-21,23,25,27-32,34-70H2,1-5H3,(H,84,85)(H,86,87)/b24-22-,33-26-/t72-,73+,74+/m0/s1. The third-order valence-corrected chi connectivity index (χ3v) is 19.6. The van der Waals surface area contributed by atoms with Gasteiger partial charge in [0.1, 0.15) is 19.3 Å². The van der Waals surface area contributed by atoms with Gasteiger partial charge in [-0.2, -0.15) is 0 Å². The molecule has 0 radical (unpaired) electrons. The molecule has 0 aromatic carbocycles. The Morgan fingerprint density at radius 3 is 0.845 bits per heavy atom. The lowest BCUT2D eigenvalue weighted by atomic mass is 10.0. The number of rotatable bonds is 76. The van der Waals surface area contributed by atoms with Gasteiger partial charge in [0, 0.05) is 25.7 Å². The number of hydrogen-bond donors (Lipinski definition) is 3. The molecule has 0 bridgehead atoms. The van der Waals surface area contributed by atoms with Gasteiger partial charge in [0.15, 0.2) is 12.2 Å². The van der Waals surface area contributed by atoms with Crippen LogP contribution in [0.15, 0.2) is 24.3 Å². The molecule has 19 heteroatoms. The van der Waals surface area contributed by atoms with Crippen molar-refractivity contribution < 1.29 is 80.2 Å². The number of ether oxygens (including phenoxy) is 4. The maximum Gasteiger partial charge on any atom is 0.472 e. The summed E-state index contributed by atoms with van der Waals surface area (Å²) in [5.74, 6) is -1.40. The molecular formula is C78H148O17P2. The first-order chi connectivity index (χ1) is 47.0. The Kier molecular flexibility index (Phi) is 68.8. The summed E-state index contributed by atoms with van der Waals surface area (Å²) in [6.07, 6.45) is 63.4. The second kappa shape index (κ2) is 70.6. The second-order valence-electron chi connectivity index (χ2n) is 27.9. The fourth-order valence-electron chi connectivity index (χ4n) is 11.5. The summed E-state index contributed by atoms with van der Waals surface area (Å²) in [6, 6.07) is 0. The quantitative estimate of drug-likeness (QED) is 0.0169. The molecule has 0 aliphatic heterocycles. The molecule has 0 saturated carbocycles. The minimum atomic E-state index is -4.97. The Balaban J connectivity index is 5.22. The minimum absolute atomic E-state index is 0.102. The number of hydrogen-bond acceptors (Lipinski definition) is 15. The molecule has 5 atom stereocenters. The van der Waals surface area contributed by atoms with Gasteiger partial charge in [-0.25, -0.2) is 9.13 Å². The van der Waals surface area contributed by atoms with Gasteiger partial charge in [-0.3, -0.25) is 37.3 Å². The SMILES string of the molecule is CCCCCC/C=C\C=C/CCCCCCCC(=O)OC[C@H](COP(=O)(O)OC[C@@H](O)COP(=O)(O)OC[C@@H](COC(=O)CCCCCCCCCC)OC(=O)CCCCCCCCCCCCC(C)C)OC(=O)CCCCCCCCCCCCCCCCCCCCCCC. The molecule has 0 rings (SSSR count). The number of carbonyl (C=O) groups is 4. The smallest absolute Gasteiger partial charge is 0.462 e. The molecule has 0 aliphatic rings. The van der Waals surface area contributed by atoms with Crippen LogP contribution in [-0.4, -0.2) is 96.7 Å². The first kappa shape index (κ1) is 94.5. The van der Waals surface area contributed by atoms with Gasteiger partial charge in [0.2, 0.25) is 0 Å². The largest absolute Gasteiger partial charge is 0.472 e. The highest BCUT2D eigenvalue weighted by Crippen LogP contribution is 2.45. The van der Waals surface area contributed by atoms with E-state index in [0.29, 0.717) is 25.7 Å². The van der Waals surface area contributed by atoms with Crippen LogP contribution < -0.4 is 0 Å². The van der Waals surface area contributed by atoms with E-state index in [1.165, 1.54) is 186 Å². The van der Waals surface area contributed by atoms with Crippen LogP contribution in [0.25, 0.3) is 0 Å². The van der Waals surface area contributed by atoms with Crippen LogP contribution in [0.3, 0.4) is 0 Å². The molecule has 572 valence electrons. The first-order valence-electron chi connectivity index (χ1n) is 40.0. The van der Waals surface area contributed by atoms with Gasteiger partial charge in [-0.15, -0.1) is 0 Å². The van der Waals surface area contributed by atoms with Gasteiger partial charge in [-0.05, 0) is 57.3 Å². The number of aliphatic hydroxyl groups excluding tert-OH is 1.